The van der Waals surface area contributed by atoms with Crippen LogP contribution >= 0.6 is 23.1 Å². The Hall–Kier alpha value is -2.45. The Morgan fingerprint density at radius 1 is 1.16 bits per heavy atom. The number of aromatic amines is 1. The largest absolute Gasteiger partial charge is 0.309 e. The molecule has 6 nitrogen and oxygen atoms in total. The Bertz CT molecular complexity index is 1420. The number of H-pyrrole nitrogens is 1. The highest BCUT2D eigenvalue weighted by atomic mass is 32.2. The van der Waals surface area contributed by atoms with E-state index >= 15 is 0 Å². The summed E-state index contributed by atoms with van der Waals surface area (Å²) in [6.07, 6.45) is 5.27. The number of thiophene rings is 1. The van der Waals surface area contributed by atoms with Crippen LogP contribution in [0.15, 0.2) is 39.0 Å². The van der Waals surface area contributed by atoms with Crippen molar-refractivity contribution in [3.05, 3.63) is 61.2 Å². The molecule has 0 spiro atoms. The molecule has 0 unspecified atom stereocenters. The summed E-state index contributed by atoms with van der Waals surface area (Å²) in [5.41, 5.74) is 1.85. The van der Waals surface area contributed by atoms with Gasteiger partial charge >= 0.3 is 0 Å². The number of fused-ring (bicyclic) bond motifs is 4. The van der Waals surface area contributed by atoms with E-state index in [1.807, 2.05) is 22.8 Å². The van der Waals surface area contributed by atoms with Gasteiger partial charge in [-0.15, -0.1) is 11.3 Å². The van der Waals surface area contributed by atoms with Crippen molar-refractivity contribution in [2.45, 2.75) is 63.4 Å². The fourth-order valence-corrected chi connectivity index (χ4v) is 6.45. The molecule has 1 aromatic carbocycles. The third kappa shape index (κ3) is 4.01. The van der Waals surface area contributed by atoms with Crippen molar-refractivity contribution in [1.29, 1.82) is 0 Å². The van der Waals surface area contributed by atoms with Crippen LogP contribution in [0.25, 0.3) is 21.1 Å². The monoisotopic (exact) mass is 466 g/mol. The van der Waals surface area contributed by atoms with Crippen LogP contribution in [0.4, 0.5) is 0 Å². The summed E-state index contributed by atoms with van der Waals surface area (Å²) in [4.78, 5) is 40.6. The summed E-state index contributed by atoms with van der Waals surface area (Å²) >= 11 is 3.15. The van der Waals surface area contributed by atoms with Crippen molar-refractivity contribution >= 4 is 44.2 Å². The number of rotatable bonds is 6. The number of hydrogen-bond donors (Lipinski definition) is 1. The van der Waals surface area contributed by atoms with Crippen LogP contribution in [0.5, 0.6) is 0 Å². The summed E-state index contributed by atoms with van der Waals surface area (Å²) < 4.78 is 1.84. The molecule has 166 valence electrons. The van der Waals surface area contributed by atoms with Gasteiger partial charge in [0.1, 0.15) is 10.7 Å². The Morgan fingerprint density at radius 3 is 2.81 bits per heavy atom. The molecule has 1 aliphatic rings. The Kier molecular flexibility index (Phi) is 5.90. The van der Waals surface area contributed by atoms with Gasteiger partial charge in [-0.25, -0.2) is 9.97 Å². The lowest BCUT2D eigenvalue weighted by Crippen LogP contribution is -2.24. The zero-order valence-electron chi connectivity index (χ0n) is 18.3. The lowest BCUT2D eigenvalue weighted by molar-refractivity contribution is 0.481. The Morgan fingerprint density at radius 2 is 1.97 bits per heavy atom. The van der Waals surface area contributed by atoms with Crippen molar-refractivity contribution < 1.29 is 0 Å². The Balaban J connectivity index is 1.54. The molecular formula is C24H26N4O2S2. The number of para-hydroxylation sites is 1. The molecule has 8 heteroatoms. The third-order valence-electron chi connectivity index (χ3n) is 5.97. The maximum atomic E-state index is 13.6. The van der Waals surface area contributed by atoms with Crippen molar-refractivity contribution in [2.75, 3.05) is 0 Å². The topological polar surface area (TPSA) is 80.6 Å². The van der Waals surface area contributed by atoms with Gasteiger partial charge in [-0.3, -0.25) is 14.2 Å². The average molecular weight is 467 g/mol. The molecule has 0 radical (unpaired) electrons. The molecule has 0 saturated carbocycles. The van der Waals surface area contributed by atoms with Crippen molar-refractivity contribution in [3.63, 3.8) is 0 Å². The minimum atomic E-state index is -0.141. The standard InChI is InChI=1S/C24H26N4O2S2/c1-14(2)11-12-28-23(30)20-16-8-4-6-10-18(16)32-22(20)27-24(28)31-13-19-25-17-9-5-3-7-15(17)21(29)26-19/h3,5,7,9,14H,4,6,8,10-13H2,1-2H3,(H,25,26,29). The first-order valence-corrected chi connectivity index (χ1v) is 13.0. The van der Waals surface area contributed by atoms with E-state index in [4.69, 9.17) is 4.98 Å². The van der Waals surface area contributed by atoms with Crippen LogP contribution in [0.1, 0.15) is 49.4 Å². The van der Waals surface area contributed by atoms with Gasteiger partial charge in [-0.05, 0) is 55.7 Å². The molecule has 1 N–H and O–H groups in total. The van der Waals surface area contributed by atoms with Gasteiger partial charge in [-0.1, -0.05) is 37.7 Å². The lowest BCUT2D eigenvalue weighted by Gasteiger charge is -2.14. The summed E-state index contributed by atoms with van der Waals surface area (Å²) in [5.74, 6) is 1.53. The number of nitrogens with one attached hydrogen (secondary N) is 1. The van der Waals surface area contributed by atoms with Crippen LogP contribution in [0.2, 0.25) is 0 Å². The van der Waals surface area contributed by atoms with Crippen LogP contribution in [-0.2, 0) is 25.1 Å². The van der Waals surface area contributed by atoms with E-state index < -0.39 is 0 Å². The van der Waals surface area contributed by atoms with E-state index in [0.29, 0.717) is 40.1 Å². The van der Waals surface area contributed by atoms with E-state index in [1.165, 1.54) is 28.6 Å². The Labute approximate surface area is 194 Å². The second-order valence-electron chi connectivity index (χ2n) is 8.74. The van der Waals surface area contributed by atoms with Crippen molar-refractivity contribution in [3.8, 4) is 0 Å². The third-order valence-corrected chi connectivity index (χ3v) is 8.14. The first-order valence-electron chi connectivity index (χ1n) is 11.2. The van der Waals surface area contributed by atoms with E-state index in [-0.39, 0.29) is 11.1 Å². The molecule has 0 fully saturated rings. The van der Waals surface area contributed by atoms with Gasteiger partial charge in [0.25, 0.3) is 11.1 Å². The van der Waals surface area contributed by atoms with E-state index in [1.54, 1.807) is 17.4 Å². The normalized spacial score (nSPS) is 13.8. The van der Waals surface area contributed by atoms with Crippen LogP contribution < -0.4 is 11.1 Å². The molecule has 0 atom stereocenters. The summed E-state index contributed by atoms with van der Waals surface area (Å²) in [5, 5.41) is 2.12. The number of thioether (sulfide) groups is 1. The van der Waals surface area contributed by atoms with Crippen LogP contribution in [0.3, 0.4) is 0 Å². The predicted molar refractivity (Wildman–Crippen MR) is 132 cm³/mol. The number of benzene rings is 1. The van der Waals surface area contributed by atoms with Crippen LogP contribution in [0, 0.1) is 5.92 Å². The maximum Gasteiger partial charge on any atom is 0.263 e. The molecule has 1 aliphatic carbocycles. The van der Waals surface area contributed by atoms with Gasteiger partial charge in [0.2, 0.25) is 0 Å². The van der Waals surface area contributed by atoms with E-state index in [9.17, 15) is 9.59 Å². The van der Waals surface area contributed by atoms with E-state index in [2.05, 4.69) is 23.8 Å². The predicted octanol–water partition coefficient (Wildman–Crippen LogP) is 4.91. The van der Waals surface area contributed by atoms with Gasteiger partial charge in [0, 0.05) is 11.4 Å². The molecule has 4 aromatic rings. The maximum absolute atomic E-state index is 13.6. The first-order chi connectivity index (χ1) is 15.5. The smallest absolute Gasteiger partial charge is 0.263 e. The molecule has 3 aromatic heterocycles. The van der Waals surface area contributed by atoms with Crippen LogP contribution in [-0.4, -0.2) is 19.5 Å². The molecule has 0 aliphatic heterocycles. The van der Waals surface area contributed by atoms with Crippen molar-refractivity contribution in [2.24, 2.45) is 5.92 Å². The molecule has 0 bridgehead atoms. The van der Waals surface area contributed by atoms with E-state index in [0.717, 1.165) is 35.9 Å². The van der Waals surface area contributed by atoms with Gasteiger partial charge in [0.15, 0.2) is 5.16 Å². The second kappa shape index (κ2) is 8.83. The second-order valence-corrected chi connectivity index (χ2v) is 10.8. The minimum absolute atomic E-state index is 0.0810. The number of nitrogens with zero attached hydrogens (tertiary/aromatic N) is 3. The number of hydrogen-bond acceptors (Lipinski definition) is 6. The molecular weight excluding hydrogens is 440 g/mol. The highest BCUT2D eigenvalue weighted by Crippen LogP contribution is 2.35. The summed E-state index contributed by atoms with van der Waals surface area (Å²) in [6, 6.07) is 7.33. The number of aromatic nitrogens is 4. The molecule has 0 saturated heterocycles. The highest BCUT2D eigenvalue weighted by Gasteiger charge is 2.22. The molecule has 32 heavy (non-hydrogen) atoms. The summed E-state index contributed by atoms with van der Waals surface area (Å²) in [6.45, 7) is 4.98. The zero-order chi connectivity index (χ0) is 22.2. The average Bonchev–Trinajstić information content (AvgIpc) is 3.15. The SMILES string of the molecule is CC(C)CCn1c(SCc2nc3ccccc3c(=O)[nH]2)nc2sc3c(c2c1=O)CCCC3. The van der Waals surface area contributed by atoms with Gasteiger partial charge in [0.05, 0.1) is 22.0 Å². The fraction of sp³-hybridized carbons (Fsp3) is 0.417. The zero-order valence-corrected chi connectivity index (χ0v) is 19.9. The fourth-order valence-electron chi connectivity index (χ4n) is 4.25. The highest BCUT2D eigenvalue weighted by molar-refractivity contribution is 7.98. The lowest BCUT2D eigenvalue weighted by atomic mass is 9.97. The molecule has 0 amide bonds. The molecule has 5 rings (SSSR count). The summed E-state index contributed by atoms with van der Waals surface area (Å²) in [7, 11) is 0. The quantitative estimate of drug-likeness (QED) is 0.322. The van der Waals surface area contributed by atoms with Crippen molar-refractivity contribution in [1.82, 2.24) is 19.5 Å². The number of aryl methyl sites for hydroxylation is 2. The van der Waals surface area contributed by atoms with Gasteiger partial charge < -0.3 is 4.98 Å². The first kappa shape index (κ1) is 21.4. The van der Waals surface area contributed by atoms with Gasteiger partial charge in [-0.2, -0.15) is 0 Å². The minimum Gasteiger partial charge on any atom is -0.309 e. The molecule has 3 heterocycles.